The molecule has 0 atom stereocenters. The molecule has 1 aromatic rings. The minimum Gasteiger partial charge on any atom is -0.370 e. The molecule has 5 nitrogen and oxygen atoms in total. The van der Waals surface area contributed by atoms with Crippen molar-refractivity contribution in [1.82, 2.24) is 10.6 Å². The van der Waals surface area contributed by atoms with Crippen LogP contribution in [0.2, 0.25) is 0 Å². The first kappa shape index (κ1) is 16.0. The minimum absolute atomic E-state index is 0.0453. The van der Waals surface area contributed by atoms with E-state index >= 15 is 0 Å². The molecule has 1 amide bonds. The van der Waals surface area contributed by atoms with E-state index in [0.717, 1.165) is 6.42 Å². The van der Waals surface area contributed by atoms with E-state index in [-0.39, 0.29) is 24.0 Å². The molecular weight excluding hydrogens is 252 g/mol. The first-order chi connectivity index (χ1) is 9.37. The smallest absolute Gasteiger partial charge is 0.241 e. The summed E-state index contributed by atoms with van der Waals surface area (Å²) in [7, 11) is 0. The first-order valence-corrected chi connectivity index (χ1v) is 6.75. The van der Waals surface area contributed by atoms with Crippen LogP contribution in [-0.2, 0) is 11.2 Å². The third-order valence-electron chi connectivity index (χ3n) is 2.47. The lowest BCUT2D eigenvalue weighted by atomic mass is 10.1. The molecule has 110 valence electrons. The third kappa shape index (κ3) is 7.41. The average molecular weight is 276 g/mol. The van der Waals surface area contributed by atoms with Gasteiger partial charge in [0, 0.05) is 12.1 Å². The predicted molar refractivity (Wildman–Crippen MR) is 82.5 cm³/mol. The van der Waals surface area contributed by atoms with Gasteiger partial charge in [0.25, 0.3) is 0 Å². The van der Waals surface area contributed by atoms with E-state index in [1.54, 1.807) is 0 Å². The summed E-state index contributed by atoms with van der Waals surface area (Å²) in [6.45, 7) is 6.59. The van der Waals surface area contributed by atoms with Crippen molar-refractivity contribution in [2.45, 2.75) is 32.7 Å². The lowest BCUT2D eigenvalue weighted by molar-refractivity contribution is -0.119. The van der Waals surface area contributed by atoms with Gasteiger partial charge in [-0.25, -0.2) is 4.99 Å². The fourth-order valence-electron chi connectivity index (χ4n) is 1.63. The van der Waals surface area contributed by atoms with Crippen LogP contribution in [0.4, 0.5) is 0 Å². The van der Waals surface area contributed by atoms with Gasteiger partial charge in [-0.15, -0.1) is 0 Å². The second kappa shape index (κ2) is 7.53. The molecule has 0 aliphatic heterocycles. The lowest BCUT2D eigenvalue weighted by Gasteiger charge is -2.20. The standard InChI is InChI=1S/C15H24N4O/c1-15(2,3)19-14(16)18-11-13(20)17-10-9-12-7-5-4-6-8-12/h4-8H,9-11H2,1-3H3,(H,17,20)(H3,16,18,19). The van der Waals surface area contributed by atoms with Crippen LogP contribution in [0.25, 0.3) is 0 Å². The van der Waals surface area contributed by atoms with Crippen LogP contribution in [0.5, 0.6) is 0 Å². The Hall–Kier alpha value is -2.04. The Morgan fingerprint density at radius 1 is 1.25 bits per heavy atom. The van der Waals surface area contributed by atoms with Crippen molar-refractivity contribution in [3.05, 3.63) is 35.9 Å². The zero-order valence-corrected chi connectivity index (χ0v) is 12.4. The minimum atomic E-state index is -0.155. The number of hydrogen-bond donors (Lipinski definition) is 3. The normalized spacial score (nSPS) is 12.1. The van der Waals surface area contributed by atoms with E-state index in [1.807, 2.05) is 51.1 Å². The van der Waals surface area contributed by atoms with Gasteiger partial charge in [-0.1, -0.05) is 30.3 Å². The molecular formula is C15H24N4O. The van der Waals surface area contributed by atoms with E-state index in [2.05, 4.69) is 15.6 Å². The van der Waals surface area contributed by atoms with E-state index in [1.165, 1.54) is 5.56 Å². The fourth-order valence-corrected chi connectivity index (χ4v) is 1.63. The van der Waals surface area contributed by atoms with Gasteiger partial charge in [0.1, 0.15) is 6.54 Å². The zero-order valence-electron chi connectivity index (χ0n) is 12.4. The molecule has 0 fully saturated rings. The largest absolute Gasteiger partial charge is 0.370 e. The Morgan fingerprint density at radius 3 is 2.50 bits per heavy atom. The van der Waals surface area contributed by atoms with Crippen molar-refractivity contribution in [2.24, 2.45) is 10.7 Å². The van der Waals surface area contributed by atoms with Gasteiger partial charge in [0.2, 0.25) is 5.91 Å². The topological polar surface area (TPSA) is 79.5 Å². The molecule has 1 rings (SSSR count). The number of amides is 1. The maximum Gasteiger partial charge on any atom is 0.241 e. The summed E-state index contributed by atoms with van der Waals surface area (Å²) < 4.78 is 0. The van der Waals surface area contributed by atoms with Crippen LogP contribution in [0, 0.1) is 0 Å². The van der Waals surface area contributed by atoms with Crippen LogP contribution in [-0.4, -0.2) is 30.5 Å². The Labute approximate surface area is 120 Å². The van der Waals surface area contributed by atoms with Gasteiger partial charge in [-0.3, -0.25) is 4.79 Å². The molecule has 1 aromatic carbocycles. The summed E-state index contributed by atoms with van der Waals surface area (Å²) in [5, 5.41) is 5.82. The highest BCUT2D eigenvalue weighted by molar-refractivity contribution is 5.84. The number of aliphatic imine (C=N–C) groups is 1. The number of carbonyl (C=O) groups excluding carboxylic acids is 1. The molecule has 0 unspecified atom stereocenters. The average Bonchev–Trinajstić information content (AvgIpc) is 2.36. The summed E-state index contributed by atoms with van der Waals surface area (Å²) in [6.07, 6.45) is 0.812. The second-order valence-electron chi connectivity index (χ2n) is 5.66. The molecule has 0 aliphatic carbocycles. The predicted octanol–water partition coefficient (Wildman–Crippen LogP) is 1.05. The highest BCUT2D eigenvalue weighted by Gasteiger charge is 2.10. The summed E-state index contributed by atoms with van der Waals surface area (Å²) in [5.41, 5.74) is 6.73. The Kier molecular flexibility index (Phi) is 6.03. The summed E-state index contributed by atoms with van der Waals surface area (Å²) in [4.78, 5) is 15.6. The maximum absolute atomic E-state index is 11.6. The van der Waals surface area contributed by atoms with Crippen LogP contribution in [0.1, 0.15) is 26.3 Å². The van der Waals surface area contributed by atoms with Crippen molar-refractivity contribution < 1.29 is 4.79 Å². The van der Waals surface area contributed by atoms with Crippen molar-refractivity contribution in [1.29, 1.82) is 0 Å². The van der Waals surface area contributed by atoms with E-state index in [4.69, 9.17) is 5.73 Å². The molecule has 20 heavy (non-hydrogen) atoms. The zero-order chi connectivity index (χ0) is 15.0. The molecule has 5 heteroatoms. The van der Waals surface area contributed by atoms with Crippen molar-refractivity contribution in [3.63, 3.8) is 0 Å². The van der Waals surface area contributed by atoms with Crippen molar-refractivity contribution in [2.75, 3.05) is 13.1 Å². The highest BCUT2D eigenvalue weighted by atomic mass is 16.1. The Bertz CT molecular complexity index is 449. The van der Waals surface area contributed by atoms with Gasteiger partial charge in [0.15, 0.2) is 5.96 Å². The number of benzene rings is 1. The van der Waals surface area contributed by atoms with Gasteiger partial charge in [-0.05, 0) is 32.8 Å². The number of carbonyl (C=O) groups is 1. The highest BCUT2D eigenvalue weighted by Crippen LogP contribution is 1.98. The van der Waals surface area contributed by atoms with E-state index < -0.39 is 0 Å². The molecule has 0 heterocycles. The number of nitrogens with two attached hydrogens (primary N) is 1. The van der Waals surface area contributed by atoms with Crippen molar-refractivity contribution >= 4 is 11.9 Å². The summed E-state index contributed by atoms with van der Waals surface area (Å²) in [6, 6.07) is 10.0. The Balaban J connectivity index is 2.25. The molecule has 0 saturated heterocycles. The summed E-state index contributed by atoms with van der Waals surface area (Å²) in [5.74, 6) is 0.162. The van der Waals surface area contributed by atoms with Crippen LogP contribution in [0.3, 0.4) is 0 Å². The number of hydrogen-bond acceptors (Lipinski definition) is 2. The van der Waals surface area contributed by atoms with Gasteiger partial charge in [-0.2, -0.15) is 0 Å². The second-order valence-corrected chi connectivity index (χ2v) is 5.66. The maximum atomic E-state index is 11.6. The van der Waals surface area contributed by atoms with Gasteiger partial charge < -0.3 is 16.4 Å². The monoisotopic (exact) mass is 276 g/mol. The van der Waals surface area contributed by atoms with Gasteiger partial charge in [0.05, 0.1) is 0 Å². The van der Waals surface area contributed by atoms with Crippen LogP contribution >= 0.6 is 0 Å². The molecule has 0 bridgehead atoms. The van der Waals surface area contributed by atoms with Crippen LogP contribution < -0.4 is 16.4 Å². The first-order valence-electron chi connectivity index (χ1n) is 6.75. The SMILES string of the molecule is CC(C)(C)NC(N)=NCC(=O)NCCc1ccccc1. The number of nitrogens with one attached hydrogen (secondary N) is 2. The number of rotatable bonds is 5. The molecule has 0 saturated carbocycles. The molecule has 0 aromatic heterocycles. The van der Waals surface area contributed by atoms with Gasteiger partial charge >= 0.3 is 0 Å². The molecule has 0 spiro atoms. The molecule has 4 N–H and O–H groups in total. The lowest BCUT2D eigenvalue weighted by Crippen LogP contribution is -2.45. The number of nitrogens with zero attached hydrogens (tertiary/aromatic N) is 1. The fraction of sp³-hybridized carbons (Fsp3) is 0.467. The van der Waals surface area contributed by atoms with E-state index in [0.29, 0.717) is 6.54 Å². The van der Waals surface area contributed by atoms with Crippen molar-refractivity contribution in [3.8, 4) is 0 Å². The quantitative estimate of drug-likeness (QED) is 0.555. The number of guanidine groups is 1. The molecule has 0 aliphatic rings. The Morgan fingerprint density at radius 2 is 1.90 bits per heavy atom. The van der Waals surface area contributed by atoms with Crippen LogP contribution in [0.15, 0.2) is 35.3 Å². The third-order valence-corrected chi connectivity index (χ3v) is 2.47. The molecule has 0 radical (unpaired) electrons. The summed E-state index contributed by atoms with van der Waals surface area (Å²) >= 11 is 0. The van der Waals surface area contributed by atoms with E-state index in [9.17, 15) is 4.79 Å².